The number of anilines is 1. The molecule has 132 valence electrons. The van der Waals surface area contributed by atoms with E-state index in [9.17, 15) is 0 Å². The molecule has 2 aromatic heterocycles. The lowest BCUT2D eigenvalue weighted by Gasteiger charge is -2.30. The van der Waals surface area contributed by atoms with Gasteiger partial charge in [-0.15, -0.1) is 11.3 Å². The first-order valence-electron chi connectivity index (χ1n) is 8.84. The number of ether oxygens (including phenoxy) is 1. The molecule has 24 heavy (non-hydrogen) atoms. The molecule has 0 atom stereocenters. The second kappa shape index (κ2) is 7.58. The SMILES string of the molecule is CCCCCCCSc1nc(N)c2c3c(sc2n1)COC(C)(C)C3. The predicted octanol–water partition coefficient (Wildman–Crippen LogP) is 5.19. The van der Waals surface area contributed by atoms with Crippen molar-refractivity contribution in [3.8, 4) is 0 Å². The number of thiophene rings is 1. The van der Waals surface area contributed by atoms with E-state index in [0.29, 0.717) is 12.4 Å². The van der Waals surface area contributed by atoms with E-state index in [2.05, 4.69) is 25.8 Å². The van der Waals surface area contributed by atoms with Crippen molar-refractivity contribution >= 4 is 39.1 Å². The van der Waals surface area contributed by atoms with Crippen molar-refractivity contribution in [2.45, 2.75) is 76.7 Å². The van der Waals surface area contributed by atoms with Crippen LogP contribution in [-0.2, 0) is 17.8 Å². The number of rotatable bonds is 7. The van der Waals surface area contributed by atoms with E-state index < -0.39 is 0 Å². The Labute approximate surface area is 152 Å². The highest BCUT2D eigenvalue weighted by Gasteiger charge is 2.30. The molecule has 0 saturated heterocycles. The largest absolute Gasteiger partial charge is 0.383 e. The van der Waals surface area contributed by atoms with Crippen molar-refractivity contribution in [1.82, 2.24) is 9.97 Å². The van der Waals surface area contributed by atoms with Crippen molar-refractivity contribution < 1.29 is 4.74 Å². The van der Waals surface area contributed by atoms with Crippen molar-refractivity contribution in [3.63, 3.8) is 0 Å². The number of hydrogen-bond donors (Lipinski definition) is 1. The third-order valence-electron chi connectivity index (χ3n) is 4.42. The first kappa shape index (κ1) is 18.0. The van der Waals surface area contributed by atoms with Gasteiger partial charge in [0.25, 0.3) is 0 Å². The molecule has 0 saturated carbocycles. The number of fused-ring (bicyclic) bond motifs is 3. The predicted molar refractivity (Wildman–Crippen MR) is 104 cm³/mol. The van der Waals surface area contributed by atoms with Gasteiger partial charge in [0.05, 0.1) is 17.6 Å². The van der Waals surface area contributed by atoms with Gasteiger partial charge in [-0.2, -0.15) is 0 Å². The van der Waals surface area contributed by atoms with Crippen LogP contribution in [0.4, 0.5) is 5.82 Å². The molecule has 0 aromatic carbocycles. The van der Waals surface area contributed by atoms with E-state index in [1.165, 1.54) is 42.5 Å². The van der Waals surface area contributed by atoms with Crippen LogP contribution in [0, 0.1) is 0 Å². The van der Waals surface area contributed by atoms with Crippen molar-refractivity contribution in [2.24, 2.45) is 0 Å². The lowest BCUT2D eigenvalue weighted by atomic mass is 9.94. The summed E-state index contributed by atoms with van der Waals surface area (Å²) in [5, 5.41) is 1.87. The quantitative estimate of drug-likeness (QED) is 0.416. The second-order valence-electron chi connectivity index (χ2n) is 7.06. The number of hydrogen-bond acceptors (Lipinski definition) is 6. The first-order valence-corrected chi connectivity index (χ1v) is 10.6. The van der Waals surface area contributed by atoms with Crippen LogP contribution in [0.1, 0.15) is 63.3 Å². The summed E-state index contributed by atoms with van der Waals surface area (Å²) in [5.41, 5.74) is 7.44. The molecule has 0 radical (unpaired) electrons. The Morgan fingerprint density at radius 3 is 2.79 bits per heavy atom. The van der Waals surface area contributed by atoms with Gasteiger partial charge in [0.2, 0.25) is 0 Å². The summed E-state index contributed by atoms with van der Waals surface area (Å²) in [6.07, 6.45) is 7.33. The molecule has 4 nitrogen and oxygen atoms in total. The summed E-state index contributed by atoms with van der Waals surface area (Å²) in [4.78, 5) is 11.6. The van der Waals surface area contributed by atoms with E-state index in [0.717, 1.165) is 27.5 Å². The van der Waals surface area contributed by atoms with E-state index in [1.807, 2.05) is 0 Å². The average Bonchev–Trinajstić information content (AvgIpc) is 2.87. The van der Waals surface area contributed by atoms with Gasteiger partial charge in [-0.3, -0.25) is 0 Å². The van der Waals surface area contributed by atoms with Gasteiger partial charge >= 0.3 is 0 Å². The molecule has 0 amide bonds. The maximum atomic E-state index is 6.29. The van der Waals surface area contributed by atoms with Crippen LogP contribution >= 0.6 is 23.1 Å². The van der Waals surface area contributed by atoms with Crippen LogP contribution in [0.25, 0.3) is 10.2 Å². The maximum Gasteiger partial charge on any atom is 0.190 e. The Kier molecular flexibility index (Phi) is 5.67. The minimum absolute atomic E-state index is 0.140. The van der Waals surface area contributed by atoms with E-state index in [-0.39, 0.29) is 5.60 Å². The zero-order chi connectivity index (χ0) is 17.2. The third-order valence-corrected chi connectivity index (χ3v) is 6.45. The molecule has 1 aliphatic rings. The number of nitrogen functional groups attached to an aromatic ring is 1. The normalized spacial score (nSPS) is 16.5. The average molecular weight is 366 g/mol. The molecule has 2 aromatic rings. The third kappa shape index (κ3) is 4.03. The van der Waals surface area contributed by atoms with Gasteiger partial charge in [0, 0.05) is 17.1 Å². The summed E-state index contributed by atoms with van der Waals surface area (Å²) in [6, 6.07) is 0. The smallest absolute Gasteiger partial charge is 0.190 e. The van der Waals surface area contributed by atoms with Crippen LogP contribution in [0.5, 0.6) is 0 Å². The molecule has 0 fully saturated rings. The summed E-state index contributed by atoms with van der Waals surface area (Å²) < 4.78 is 5.92. The molecule has 2 N–H and O–H groups in total. The van der Waals surface area contributed by atoms with Crippen molar-refractivity contribution in [2.75, 3.05) is 11.5 Å². The van der Waals surface area contributed by atoms with Gasteiger partial charge in [-0.1, -0.05) is 44.4 Å². The van der Waals surface area contributed by atoms with Crippen LogP contribution in [0.2, 0.25) is 0 Å². The minimum Gasteiger partial charge on any atom is -0.383 e. The van der Waals surface area contributed by atoms with Gasteiger partial charge in [-0.05, 0) is 25.8 Å². The Morgan fingerprint density at radius 2 is 2.00 bits per heavy atom. The lowest BCUT2D eigenvalue weighted by Crippen LogP contribution is -2.31. The van der Waals surface area contributed by atoms with Gasteiger partial charge < -0.3 is 10.5 Å². The van der Waals surface area contributed by atoms with Crippen LogP contribution in [0.15, 0.2) is 5.16 Å². The number of aromatic nitrogens is 2. The summed E-state index contributed by atoms with van der Waals surface area (Å²) >= 11 is 3.44. The van der Waals surface area contributed by atoms with E-state index >= 15 is 0 Å². The van der Waals surface area contributed by atoms with Crippen LogP contribution in [-0.4, -0.2) is 21.3 Å². The van der Waals surface area contributed by atoms with Gasteiger partial charge in [0.15, 0.2) is 5.16 Å². The standard InChI is InChI=1S/C18H27N3OS2/c1-4-5-6-7-8-9-23-17-20-15(19)14-12-10-18(2,3)22-11-13(12)24-16(14)21-17/h4-11H2,1-3H3,(H2,19,20,21). The molecule has 3 rings (SSSR count). The Morgan fingerprint density at radius 1 is 1.21 bits per heavy atom. The maximum absolute atomic E-state index is 6.29. The number of thioether (sulfide) groups is 1. The molecular weight excluding hydrogens is 338 g/mol. The fourth-order valence-electron chi connectivity index (χ4n) is 3.09. The molecule has 0 unspecified atom stereocenters. The number of unbranched alkanes of at least 4 members (excludes halogenated alkanes) is 4. The lowest BCUT2D eigenvalue weighted by molar-refractivity contribution is -0.0379. The van der Waals surface area contributed by atoms with Gasteiger partial charge in [-0.25, -0.2) is 9.97 Å². The second-order valence-corrected chi connectivity index (χ2v) is 9.21. The zero-order valence-electron chi connectivity index (χ0n) is 14.9. The molecule has 0 bridgehead atoms. The monoisotopic (exact) mass is 365 g/mol. The minimum atomic E-state index is -0.140. The highest BCUT2D eigenvalue weighted by atomic mass is 32.2. The fraction of sp³-hybridized carbons (Fsp3) is 0.667. The zero-order valence-corrected chi connectivity index (χ0v) is 16.5. The Bertz CT molecular complexity index is 712. The van der Waals surface area contributed by atoms with E-state index in [4.69, 9.17) is 15.5 Å². The van der Waals surface area contributed by atoms with E-state index in [1.54, 1.807) is 23.1 Å². The molecule has 0 spiro atoms. The van der Waals surface area contributed by atoms with Gasteiger partial charge in [0.1, 0.15) is 10.6 Å². The molecular formula is C18H27N3OS2. The molecule has 1 aliphatic heterocycles. The molecule has 3 heterocycles. The van der Waals surface area contributed by atoms with Crippen LogP contribution < -0.4 is 5.73 Å². The Hall–Kier alpha value is -0.850. The summed E-state index contributed by atoms with van der Waals surface area (Å²) in [6.45, 7) is 7.15. The van der Waals surface area contributed by atoms with Crippen LogP contribution in [0.3, 0.4) is 0 Å². The first-order chi connectivity index (χ1) is 11.5. The fourth-order valence-corrected chi connectivity index (χ4v) is 5.10. The molecule has 6 heteroatoms. The number of nitrogens with two attached hydrogens (primary N) is 1. The molecule has 0 aliphatic carbocycles. The highest BCUT2D eigenvalue weighted by molar-refractivity contribution is 7.99. The van der Waals surface area contributed by atoms with Crippen molar-refractivity contribution in [1.29, 1.82) is 0 Å². The van der Waals surface area contributed by atoms with Crippen molar-refractivity contribution in [3.05, 3.63) is 10.4 Å². The topological polar surface area (TPSA) is 61.0 Å². The Balaban J connectivity index is 1.72. The summed E-state index contributed by atoms with van der Waals surface area (Å²) in [7, 11) is 0. The summed E-state index contributed by atoms with van der Waals surface area (Å²) in [5.74, 6) is 1.69. The highest BCUT2D eigenvalue weighted by Crippen LogP contribution is 2.40. The number of nitrogens with zero attached hydrogens (tertiary/aromatic N) is 2.